The van der Waals surface area contributed by atoms with Crippen LogP contribution in [0.2, 0.25) is 5.02 Å². The molecule has 0 atom stereocenters. The number of hydrogen-bond acceptors (Lipinski definition) is 7. The summed E-state index contributed by atoms with van der Waals surface area (Å²) in [6.07, 6.45) is 2.59. The van der Waals surface area contributed by atoms with Gasteiger partial charge in [-0.1, -0.05) is 17.7 Å². The summed E-state index contributed by atoms with van der Waals surface area (Å²) in [6.45, 7) is 3.46. The fourth-order valence-electron chi connectivity index (χ4n) is 2.80. The molecule has 33 heavy (non-hydrogen) atoms. The lowest BCUT2D eigenvalue weighted by molar-refractivity contribution is -0.384. The minimum atomic E-state index is -3.92. The molecule has 0 fully saturated rings. The number of aryl methyl sites for hydroxylation is 2. The zero-order valence-corrected chi connectivity index (χ0v) is 19.0. The third-order valence-corrected chi connectivity index (χ3v) is 5.90. The number of nitro benzene ring substituents is 1. The number of carbonyl (C=O) groups is 1. The number of sulfonamides is 1. The normalized spacial score (nSPS) is 11.4. The van der Waals surface area contributed by atoms with Gasteiger partial charge < -0.3 is 5.32 Å². The highest BCUT2D eigenvalue weighted by Crippen LogP contribution is 2.25. The second-order valence-corrected chi connectivity index (χ2v) is 8.98. The number of carbonyl (C=O) groups excluding carboxylic acids is 1. The number of benzene rings is 2. The maximum atomic E-state index is 12.6. The molecule has 0 radical (unpaired) electrons. The highest BCUT2D eigenvalue weighted by Gasteiger charge is 2.16. The summed E-state index contributed by atoms with van der Waals surface area (Å²) in [5.41, 5.74) is 1.76. The molecular formula is C21H18ClN5O5S. The average Bonchev–Trinajstić information content (AvgIpc) is 2.72. The Balaban J connectivity index is 1.67. The second-order valence-electron chi connectivity index (χ2n) is 6.89. The molecule has 3 rings (SSSR count). The van der Waals surface area contributed by atoms with E-state index in [1.807, 2.05) is 0 Å². The monoisotopic (exact) mass is 487 g/mol. The van der Waals surface area contributed by atoms with Crippen molar-refractivity contribution in [3.8, 4) is 0 Å². The van der Waals surface area contributed by atoms with E-state index in [0.717, 1.165) is 0 Å². The van der Waals surface area contributed by atoms with Crippen LogP contribution >= 0.6 is 11.6 Å². The van der Waals surface area contributed by atoms with Crippen LogP contribution in [0.5, 0.6) is 0 Å². The lowest BCUT2D eigenvalue weighted by atomic mass is 10.2. The zero-order chi connectivity index (χ0) is 24.2. The fourth-order valence-corrected chi connectivity index (χ4v) is 3.93. The molecule has 1 amide bonds. The molecular weight excluding hydrogens is 470 g/mol. The number of nitrogens with zero attached hydrogens (tertiary/aromatic N) is 3. The van der Waals surface area contributed by atoms with Crippen molar-refractivity contribution in [2.75, 3.05) is 10.0 Å². The molecule has 170 valence electrons. The molecule has 0 unspecified atom stereocenters. The molecule has 0 aliphatic heterocycles. The van der Waals surface area contributed by atoms with Gasteiger partial charge in [0.15, 0.2) is 0 Å². The van der Waals surface area contributed by atoms with Crippen LogP contribution in [0.4, 0.5) is 17.3 Å². The van der Waals surface area contributed by atoms with Gasteiger partial charge in [0.2, 0.25) is 11.9 Å². The van der Waals surface area contributed by atoms with Gasteiger partial charge in [-0.25, -0.2) is 23.1 Å². The van der Waals surface area contributed by atoms with Gasteiger partial charge in [0.25, 0.3) is 15.7 Å². The van der Waals surface area contributed by atoms with E-state index in [4.69, 9.17) is 11.6 Å². The first kappa shape index (κ1) is 23.8. The Hall–Kier alpha value is -3.83. The van der Waals surface area contributed by atoms with Gasteiger partial charge in [-0.15, -0.1) is 0 Å². The van der Waals surface area contributed by atoms with Gasteiger partial charge in [0.1, 0.15) is 5.02 Å². The molecule has 2 N–H and O–H groups in total. The first-order valence-corrected chi connectivity index (χ1v) is 11.3. The van der Waals surface area contributed by atoms with Crippen molar-refractivity contribution in [3.05, 3.63) is 86.7 Å². The Labute approximate surface area is 194 Å². The Morgan fingerprint density at radius 2 is 1.70 bits per heavy atom. The van der Waals surface area contributed by atoms with Gasteiger partial charge in [0, 0.05) is 29.2 Å². The van der Waals surface area contributed by atoms with E-state index in [-0.39, 0.29) is 21.6 Å². The third kappa shape index (κ3) is 6.34. The Morgan fingerprint density at radius 3 is 2.30 bits per heavy atom. The summed E-state index contributed by atoms with van der Waals surface area (Å²) in [4.78, 5) is 30.6. The Morgan fingerprint density at radius 1 is 1.06 bits per heavy atom. The largest absolute Gasteiger partial charge is 0.323 e. The van der Waals surface area contributed by atoms with Crippen LogP contribution in [0.3, 0.4) is 0 Å². The molecule has 0 spiro atoms. The predicted octanol–water partition coefficient (Wildman–Crippen LogP) is 4.11. The van der Waals surface area contributed by atoms with Crippen molar-refractivity contribution in [1.29, 1.82) is 0 Å². The van der Waals surface area contributed by atoms with Crippen LogP contribution in [-0.2, 0) is 14.8 Å². The molecule has 12 heteroatoms. The summed E-state index contributed by atoms with van der Waals surface area (Å²) in [5, 5.41) is 13.5. The lowest BCUT2D eigenvalue weighted by Gasteiger charge is -2.09. The first-order valence-electron chi connectivity index (χ1n) is 9.42. The topological polar surface area (TPSA) is 144 Å². The number of amides is 1. The quantitative estimate of drug-likeness (QED) is 0.290. The molecule has 0 bridgehead atoms. The van der Waals surface area contributed by atoms with Crippen LogP contribution in [-0.4, -0.2) is 29.2 Å². The molecule has 3 aromatic rings. The van der Waals surface area contributed by atoms with Crippen molar-refractivity contribution in [3.63, 3.8) is 0 Å². The van der Waals surface area contributed by atoms with Gasteiger partial charge in [-0.05, 0) is 61.9 Å². The third-order valence-electron chi connectivity index (χ3n) is 4.23. The molecule has 2 aromatic carbocycles. The smallest absolute Gasteiger partial charge is 0.288 e. The van der Waals surface area contributed by atoms with Crippen LogP contribution < -0.4 is 10.0 Å². The van der Waals surface area contributed by atoms with E-state index >= 15 is 0 Å². The van der Waals surface area contributed by atoms with Crippen molar-refractivity contribution < 1.29 is 18.1 Å². The highest BCUT2D eigenvalue weighted by molar-refractivity contribution is 7.92. The van der Waals surface area contributed by atoms with E-state index in [9.17, 15) is 23.3 Å². The van der Waals surface area contributed by atoms with Crippen molar-refractivity contribution in [1.82, 2.24) is 9.97 Å². The van der Waals surface area contributed by atoms with E-state index in [0.29, 0.717) is 22.6 Å². The van der Waals surface area contributed by atoms with Crippen LogP contribution in [0, 0.1) is 24.0 Å². The number of nitrogens with one attached hydrogen (secondary N) is 2. The Bertz CT molecular complexity index is 1340. The highest BCUT2D eigenvalue weighted by atomic mass is 35.5. The maximum Gasteiger partial charge on any atom is 0.288 e. The summed E-state index contributed by atoms with van der Waals surface area (Å²) in [6, 6.07) is 11.4. The number of aromatic nitrogens is 2. The number of nitro groups is 1. The van der Waals surface area contributed by atoms with E-state index < -0.39 is 20.9 Å². The molecule has 1 aromatic heterocycles. The summed E-state index contributed by atoms with van der Waals surface area (Å²) in [5.74, 6) is -0.539. The van der Waals surface area contributed by atoms with Crippen molar-refractivity contribution >= 4 is 50.9 Å². The number of halogens is 1. The minimum absolute atomic E-state index is 0.00442. The molecule has 0 saturated carbocycles. The second kappa shape index (κ2) is 9.76. The molecule has 0 aliphatic carbocycles. The van der Waals surface area contributed by atoms with E-state index in [1.54, 1.807) is 19.9 Å². The Kier molecular flexibility index (Phi) is 7.04. The summed E-state index contributed by atoms with van der Waals surface area (Å²) >= 11 is 5.77. The van der Waals surface area contributed by atoms with E-state index in [2.05, 4.69) is 20.0 Å². The fraction of sp³-hybridized carbons (Fsp3) is 0.0952. The van der Waals surface area contributed by atoms with Crippen LogP contribution in [0.25, 0.3) is 6.08 Å². The standard InChI is InChI=1S/C21H18ClN5O5S/c1-13-11-14(2)24-21(23-13)26-33(31,32)17-7-5-16(6-8-17)25-20(28)10-4-15-3-9-18(22)19(12-15)27(29)30/h3-12H,1-2H3,(H,25,28)(H,23,24,26)/b10-4+. The lowest BCUT2D eigenvalue weighted by Crippen LogP contribution is -2.16. The van der Waals surface area contributed by atoms with Gasteiger partial charge in [-0.3, -0.25) is 14.9 Å². The zero-order valence-electron chi connectivity index (χ0n) is 17.4. The molecule has 1 heterocycles. The molecule has 10 nitrogen and oxygen atoms in total. The maximum absolute atomic E-state index is 12.6. The van der Waals surface area contributed by atoms with E-state index in [1.165, 1.54) is 54.6 Å². The van der Waals surface area contributed by atoms with Gasteiger partial charge >= 0.3 is 0 Å². The van der Waals surface area contributed by atoms with Crippen molar-refractivity contribution in [2.24, 2.45) is 0 Å². The summed E-state index contributed by atoms with van der Waals surface area (Å²) in [7, 11) is -3.92. The number of anilines is 2. The van der Waals surface area contributed by atoms with Crippen LogP contribution in [0.15, 0.2) is 59.5 Å². The van der Waals surface area contributed by atoms with Crippen molar-refractivity contribution in [2.45, 2.75) is 18.7 Å². The summed E-state index contributed by atoms with van der Waals surface area (Å²) < 4.78 is 27.5. The van der Waals surface area contributed by atoms with Gasteiger partial charge in [0.05, 0.1) is 9.82 Å². The SMILES string of the molecule is Cc1cc(C)nc(NS(=O)(=O)c2ccc(NC(=O)/C=C/c3ccc(Cl)c([N+](=O)[O-])c3)cc2)n1. The number of rotatable bonds is 7. The molecule has 0 saturated heterocycles. The van der Waals surface area contributed by atoms with Crippen LogP contribution in [0.1, 0.15) is 17.0 Å². The first-order chi connectivity index (χ1) is 15.5. The number of hydrogen-bond donors (Lipinski definition) is 2. The predicted molar refractivity (Wildman–Crippen MR) is 125 cm³/mol. The van der Waals surface area contributed by atoms with Gasteiger partial charge in [-0.2, -0.15) is 0 Å². The average molecular weight is 488 g/mol. The molecule has 0 aliphatic rings. The minimum Gasteiger partial charge on any atom is -0.323 e.